The van der Waals surface area contributed by atoms with Gasteiger partial charge in [0, 0.05) is 18.7 Å². The molecule has 1 saturated heterocycles. The second kappa shape index (κ2) is 5.20. The SMILES string of the molecule is COc1cc(N2CCCC2CC(=O)O)nc(C)n1. The van der Waals surface area contributed by atoms with Crippen LogP contribution in [-0.2, 0) is 4.79 Å². The molecule has 1 aliphatic heterocycles. The van der Waals surface area contributed by atoms with E-state index in [0.29, 0.717) is 11.7 Å². The van der Waals surface area contributed by atoms with Crippen LogP contribution in [0, 0.1) is 6.92 Å². The van der Waals surface area contributed by atoms with Crippen molar-refractivity contribution in [2.75, 3.05) is 18.6 Å². The van der Waals surface area contributed by atoms with Crippen LogP contribution < -0.4 is 9.64 Å². The molecule has 2 heterocycles. The maximum Gasteiger partial charge on any atom is 0.305 e. The van der Waals surface area contributed by atoms with E-state index in [1.807, 2.05) is 4.90 Å². The number of aliphatic carboxylic acids is 1. The molecule has 6 nitrogen and oxygen atoms in total. The first-order chi connectivity index (χ1) is 8.60. The summed E-state index contributed by atoms with van der Waals surface area (Å²) in [6.07, 6.45) is 2.02. The van der Waals surface area contributed by atoms with Crippen molar-refractivity contribution in [1.82, 2.24) is 9.97 Å². The Morgan fingerprint density at radius 1 is 1.61 bits per heavy atom. The lowest BCUT2D eigenvalue weighted by atomic mass is 10.1. The van der Waals surface area contributed by atoms with Crippen molar-refractivity contribution in [3.05, 3.63) is 11.9 Å². The van der Waals surface area contributed by atoms with E-state index in [9.17, 15) is 4.79 Å². The van der Waals surface area contributed by atoms with Gasteiger partial charge in [0.05, 0.1) is 13.5 Å². The van der Waals surface area contributed by atoms with Gasteiger partial charge in [-0.1, -0.05) is 0 Å². The molecular formula is C12H17N3O3. The Balaban J connectivity index is 2.24. The zero-order chi connectivity index (χ0) is 13.1. The molecule has 0 aromatic carbocycles. The molecule has 1 unspecified atom stereocenters. The van der Waals surface area contributed by atoms with E-state index in [4.69, 9.17) is 9.84 Å². The molecule has 0 amide bonds. The van der Waals surface area contributed by atoms with E-state index in [2.05, 4.69) is 9.97 Å². The molecule has 1 atom stereocenters. The topological polar surface area (TPSA) is 75.5 Å². The normalized spacial score (nSPS) is 19.0. The number of methoxy groups -OCH3 is 1. The lowest BCUT2D eigenvalue weighted by Gasteiger charge is -2.24. The third-order valence-electron chi connectivity index (χ3n) is 3.09. The Labute approximate surface area is 106 Å². The summed E-state index contributed by atoms with van der Waals surface area (Å²) in [5, 5.41) is 8.91. The van der Waals surface area contributed by atoms with Crippen molar-refractivity contribution in [3.8, 4) is 5.88 Å². The molecule has 0 bridgehead atoms. The Kier molecular flexibility index (Phi) is 3.64. The van der Waals surface area contributed by atoms with Gasteiger partial charge in [0.1, 0.15) is 11.6 Å². The fourth-order valence-corrected chi connectivity index (χ4v) is 2.33. The van der Waals surface area contributed by atoms with E-state index in [-0.39, 0.29) is 12.5 Å². The second-order valence-corrected chi connectivity index (χ2v) is 4.40. The molecule has 1 aromatic rings. The summed E-state index contributed by atoms with van der Waals surface area (Å²) < 4.78 is 5.12. The van der Waals surface area contributed by atoms with Crippen LogP contribution in [0.25, 0.3) is 0 Å². The van der Waals surface area contributed by atoms with Gasteiger partial charge < -0.3 is 14.7 Å². The maximum atomic E-state index is 10.8. The number of hydrogen-bond acceptors (Lipinski definition) is 5. The average Bonchev–Trinajstić information content (AvgIpc) is 2.75. The highest BCUT2D eigenvalue weighted by atomic mass is 16.5. The molecule has 0 spiro atoms. The Morgan fingerprint density at radius 3 is 3.06 bits per heavy atom. The molecule has 0 saturated carbocycles. The van der Waals surface area contributed by atoms with Crippen molar-refractivity contribution in [2.24, 2.45) is 0 Å². The molecule has 98 valence electrons. The van der Waals surface area contributed by atoms with Gasteiger partial charge in [-0.3, -0.25) is 4.79 Å². The van der Waals surface area contributed by atoms with E-state index >= 15 is 0 Å². The highest BCUT2D eigenvalue weighted by Gasteiger charge is 2.28. The zero-order valence-corrected chi connectivity index (χ0v) is 10.6. The summed E-state index contributed by atoms with van der Waals surface area (Å²) in [6.45, 7) is 2.63. The summed E-state index contributed by atoms with van der Waals surface area (Å²) in [6, 6.07) is 1.77. The van der Waals surface area contributed by atoms with E-state index in [1.165, 1.54) is 0 Å². The second-order valence-electron chi connectivity index (χ2n) is 4.40. The fraction of sp³-hybridized carbons (Fsp3) is 0.583. The van der Waals surface area contributed by atoms with Gasteiger partial charge in [0.15, 0.2) is 0 Å². The molecule has 6 heteroatoms. The van der Waals surface area contributed by atoms with Crippen LogP contribution in [0.1, 0.15) is 25.1 Å². The van der Waals surface area contributed by atoms with Crippen LogP contribution in [-0.4, -0.2) is 40.7 Å². The molecule has 1 N–H and O–H groups in total. The molecule has 0 aliphatic carbocycles. The number of aromatic nitrogens is 2. The Bertz CT molecular complexity index is 450. The number of rotatable bonds is 4. The number of hydrogen-bond donors (Lipinski definition) is 1. The predicted molar refractivity (Wildman–Crippen MR) is 65.9 cm³/mol. The minimum atomic E-state index is -0.773. The zero-order valence-electron chi connectivity index (χ0n) is 10.6. The smallest absolute Gasteiger partial charge is 0.305 e. The number of anilines is 1. The highest BCUT2D eigenvalue weighted by Crippen LogP contribution is 2.27. The van der Waals surface area contributed by atoms with Gasteiger partial charge in [-0.2, -0.15) is 4.98 Å². The molecule has 18 heavy (non-hydrogen) atoms. The van der Waals surface area contributed by atoms with Crippen molar-refractivity contribution in [2.45, 2.75) is 32.2 Å². The van der Waals surface area contributed by atoms with Crippen LogP contribution in [0.15, 0.2) is 6.07 Å². The van der Waals surface area contributed by atoms with Gasteiger partial charge in [0.25, 0.3) is 0 Å². The predicted octanol–water partition coefficient (Wildman–Crippen LogP) is 1.24. The number of carboxylic acids is 1. The number of carbonyl (C=O) groups is 1. The van der Waals surface area contributed by atoms with Crippen LogP contribution >= 0.6 is 0 Å². The fourth-order valence-electron chi connectivity index (χ4n) is 2.33. The van der Waals surface area contributed by atoms with Crippen molar-refractivity contribution in [3.63, 3.8) is 0 Å². The minimum Gasteiger partial charge on any atom is -0.481 e. The summed E-state index contributed by atoms with van der Waals surface area (Å²) in [7, 11) is 1.56. The Hall–Kier alpha value is -1.85. The number of nitrogens with zero attached hydrogens (tertiary/aromatic N) is 3. The summed E-state index contributed by atoms with van der Waals surface area (Å²) >= 11 is 0. The highest BCUT2D eigenvalue weighted by molar-refractivity contribution is 5.68. The molecule has 1 fully saturated rings. The number of carboxylic acid groups (broad SMARTS) is 1. The van der Waals surface area contributed by atoms with Crippen LogP contribution in [0.2, 0.25) is 0 Å². The summed E-state index contributed by atoms with van der Waals surface area (Å²) in [5.74, 6) is 1.12. The minimum absolute atomic E-state index is 0.0153. The number of aryl methyl sites for hydroxylation is 1. The summed E-state index contributed by atoms with van der Waals surface area (Å²) in [5.41, 5.74) is 0. The summed E-state index contributed by atoms with van der Waals surface area (Å²) in [4.78, 5) is 21.4. The van der Waals surface area contributed by atoms with Gasteiger partial charge in [0.2, 0.25) is 5.88 Å². The van der Waals surface area contributed by atoms with Crippen molar-refractivity contribution in [1.29, 1.82) is 0 Å². The standard InChI is InChI=1S/C12H17N3O3/c1-8-13-10(7-11(14-8)18-2)15-5-3-4-9(15)6-12(16)17/h7,9H,3-6H2,1-2H3,(H,16,17). The largest absolute Gasteiger partial charge is 0.481 e. The van der Waals surface area contributed by atoms with Crippen LogP contribution in [0.3, 0.4) is 0 Å². The van der Waals surface area contributed by atoms with Crippen LogP contribution in [0.4, 0.5) is 5.82 Å². The first-order valence-electron chi connectivity index (χ1n) is 5.98. The lowest BCUT2D eigenvalue weighted by molar-refractivity contribution is -0.137. The quantitative estimate of drug-likeness (QED) is 0.867. The molecular weight excluding hydrogens is 234 g/mol. The Morgan fingerprint density at radius 2 is 2.39 bits per heavy atom. The first kappa shape index (κ1) is 12.6. The number of ether oxygens (including phenoxy) is 1. The van der Waals surface area contributed by atoms with Crippen molar-refractivity contribution >= 4 is 11.8 Å². The van der Waals surface area contributed by atoms with E-state index < -0.39 is 5.97 Å². The van der Waals surface area contributed by atoms with Crippen molar-refractivity contribution < 1.29 is 14.6 Å². The lowest BCUT2D eigenvalue weighted by Crippen LogP contribution is -2.32. The molecule has 1 aliphatic rings. The maximum absolute atomic E-state index is 10.8. The van der Waals surface area contributed by atoms with Gasteiger partial charge >= 0.3 is 5.97 Å². The average molecular weight is 251 g/mol. The van der Waals surface area contributed by atoms with Gasteiger partial charge in [-0.25, -0.2) is 4.98 Å². The van der Waals surface area contributed by atoms with Gasteiger partial charge in [-0.05, 0) is 19.8 Å². The third-order valence-corrected chi connectivity index (χ3v) is 3.09. The first-order valence-corrected chi connectivity index (χ1v) is 5.98. The molecule has 1 aromatic heterocycles. The molecule has 2 rings (SSSR count). The van der Waals surface area contributed by atoms with E-state index in [1.54, 1.807) is 20.1 Å². The monoisotopic (exact) mass is 251 g/mol. The molecule has 0 radical (unpaired) electrons. The van der Waals surface area contributed by atoms with Crippen LogP contribution in [0.5, 0.6) is 5.88 Å². The van der Waals surface area contributed by atoms with E-state index in [0.717, 1.165) is 25.2 Å². The van der Waals surface area contributed by atoms with Gasteiger partial charge in [-0.15, -0.1) is 0 Å². The third kappa shape index (κ3) is 2.69.